The number of hydrogen-bond acceptors (Lipinski definition) is 4. The van der Waals surface area contributed by atoms with Crippen molar-refractivity contribution >= 4 is 83.8 Å². The minimum absolute atomic E-state index is 0.0781. The van der Waals surface area contributed by atoms with Crippen LogP contribution in [0.2, 0.25) is 0 Å². The normalized spacial score (nSPS) is 25.6. The molecular formula is C22H26Br4N2O4S2. The van der Waals surface area contributed by atoms with Crippen LogP contribution in [-0.4, -0.2) is 70.9 Å². The second-order valence-corrected chi connectivity index (χ2v) is 17.1. The summed E-state index contributed by atoms with van der Waals surface area (Å²) >= 11 is 14.3. The maximum absolute atomic E-state index is 13.6. The molecule has 12 heteroatoms. The Balaban J connectivity index is 2.04. The molecule has 0 radical (unpaired) electrons. The average Bonchev–Trinajstić information content (AvgIpc) is 2.77. The van der Waals surface area contributed by atoms with Crippen LogP contribution in [0.15, 0.2) is 58.3 Å². The molecule has 0 aromatic heterocycles. The van der Waals surface area contributed by atoms with Crippen LogP contribution >= 0.6 is 63.7 Å². The Morgan fingerprint density at radius 2 is 0.912 bits per heavy atom. The average molecular weight is 766 g/mol. The van der Waals surface area contributed by atoms with Gasteiger partial charge in [-0.05, 0) is 38.1 Å². The lowest BCUT2D eigenvalue weighted by atomic mass is 10.1. The van der Waals surface area contributed by atoms with E-state index in [1.165, 1.54) is 8.61 Å². The Morgan fingerprint density at radius 1 is 0.647 bits per heavy atom. The highest BCUT2D eigenvalue weighted by atomic mass is 79.9. The number of benzene rings is 2. The predicted molar refractivity (Wildman–Crippen MR) is 151 cm³/mol. The quantitative estimate of drug-likeness (QED) is 0.386. The van der Waals surface area contributed by atoms with Crippen LogP contribution in [0.4, 0.5) is 0 Å². The minimum atomic E-state index is -3.83. The van der Waals surface area contributed by atoms with Crippen LogP contribution in [0.1, 0.15) is 11.1 Å². The van der Waals surface area contributed by atoms with Crippen molar-refractivity contribution in [3.63, 3.8) is 0 Å². The minimum Gasteiger partial charge on any atom is -0.207 e. The summed E-state index contributed by atoms with van der Waals surface area (Å²) in [7, 11) is -7.65. The van der Waals surface area contributed by atoms with E-state index in [-0.39, 0.29) is 36.0 Å². The molecule has 1 saturated heterocycles. The molecular weight excluding hydrogens is 740 g/mol. The second-order valence-electron chi connectivity index (χ2n) is 8.74. The number of nitrogens with zero attached hydrogens (tertiary/aromatic N) is 2. The van der Waals surface area contributed by atoms with Crippen LogP contribution in [0.3, 0.4) is 0 Å². The summed E-state index contributed by atoms with van der Waals surface area (Å²) in [5, 5.41) is 0.701. The van der Waals surface area contributed by atoms with Gasteiger partial charge in [-0.1, -0.05) is 99.1 Å². The van der Waals surface area contributed by atoms with E-state index in [1.54, 1.807) is 48.5 Å². The van der Waals surface area contributed by atoms with Gasteiger partial charge in [0, 0.05) is 36.8 Å². The van der Waals surface area contributed by atoms with E-state index in [2.05, 4.69) is 63.7 Å². The van der Waals surface area contributed by atoms with Gasteiger partial charge in [-0.3, -0.25) is 0 Å². The molecule has 1 fully saturated rings. The summed E-state index contributed by atoms with van der Waals surface area (Å²) in [6.45, 7) is 4.11. The summed E-state index contributed by atoms with van der Waals surface area (Å²) in [6, 6.07) is 13.5. The molecule has 0 N–H and O–H groups in total. The zero-order valence-electron chi connectivity index (χ0n) is 18.7. The Kier molecular flexibility index (Phi) is 9.20. The smallest absolute Gasteiger partial charge is 0.207 e. The summed E-state index contributed by atoms with van der Waals surface area (Å²) in [5.41, 5.74) is 1.93. The van der Waals surface area contributed by atoms with Gasteiger partial charge in [0.15, 0.2) is 0 Å². The van der Waals surface area contributed by atoms with Crippen LogP contribution in [0.5, 0.6) is 0 Å². The van der Waals surface area contributed by atoms with Gasteiger partial charge in [0.2, 0.25) is 20.0 Å². The molecule has 0 aliphatic carbocycles. The molecule has 6 nitrogen and oxygen atoms in total. The van der Waals surface area contributed by atoms with Gasteiger partial charge in [0.25, 0.3) is 0 Å². The van der Waals surface area contributed by atoms with E-state index in [1.807, 2.05) is 13.8 Å². The Labute approximate surface area is 236 Å². The molecule has 1 aliphatic rings. The van der Waals surface area contributed by atoms with E-state index in [4.69, 9.17) is 0 Å². The SMILES string of the molecule is Cc1ccc(S(=O)(=O)N2CC(Br)(CBr)CN(S(=O)(=O)c3ccc(C)cc3)CC(Br)(CBr)C2)cc1. The first kappa shape index (κ1) is 28.7. The van der Waals surface area contributed by atoms with Crippen LogP contribution in [0.25, 0.3) is 0 Å². The Hall–Kier alpha value is 0.180. The van der Waals surface area contributed by atoms with Crippen molar-refractivity contribution in [3.8, 4) is 0 Å². The van der Waals surface area contributed by atoms with Gasteiger partial charge >= 0.3 is 0 Å². The van der Waals surface area contributed by atoms with Crippen molar-refractivity contribution in [2.45, 2.75) is 32.3 Å². The van der Waals surface area contributed by atoms with Crippen molar-refractivity contribution in [1.29, 1.82) is 0 Å². The Morgan fingerprint density at radius 3 is 1.15 bits per heavy atom. The van der Waals surface area contributed by atoms with Crippen LogP contribution in [-0.2, 0) is 20.0 Å². The van der Waals surface area contributed by atoms with Crippen molar-refractivity contribution in [2.24, 2.45) is 0 Å². The maximum atomic E-state index is 13.6. The first-order valence-corrected chi connectivity index (χ1v) is 17.1. The van der Waals surface area contributed by atoms with E-state index >= 15 is 0 Å². The van der Waals surface area contributed by atoms with Gasteiger partial charge in [-0.2, -0.15) is 8.61 Å². The van der Waals surface area contributed by atoms with Gasteiger partial charge in [-0.15, -0.1) is 0 Å². The highest BCUT2D eigenvalue weighted by molar-refractivity contribution is 9.12. The highest BCUT2D eigenvalue weighted by Gasteiger charge is 2.47. The van der Waals surface area contributed by atoms with Crippen molar-refractivity contribution in [2.75, 3.05) is 36.8 Å². The fourth-order valence-electron chi connectivity index (χ4n) is 3.70. The first-order valence-electron chi connectivity index (χ1n) is 10.4. The van der Waals surface area contributed by atoms with Gasteiger partial charge in [0.1, 0.15) is 0 Å². The van der Waals surface area contributed by atoms with Crippen molar-refractivity contribution in [1.82, 2.24) is 8.61 Å². The van der Waals surface area contributed by atoms with E-state index in [0.717, 1.165) is 11.1 Å². The third kappa shape index (κ3) is 6.35. The lowest BCUT2D eigenvalue weighted by Crippen LogP contribution is -2.60. The third-order valence-corrected chi connectivity index (χ3v) is 14.5. The molecule has 2 aromatic carbocycles. The molecule has 0 saturated carbocycles. The first-order chi connectivity index (χ1) is 15.7. The fourth-order valence-corrected chi connectivity index (χ4v) is 9.51. The van der Waals surface area contributed by atoms with Crippen molar-refractivity contribution < 1.29 is 16.8 Å². The number of aryl methyl sites for hydroxylation is 2. The topological polar surface area (TPSA) is 74.8 Å². The third-order valence-electron chi connectivity index (χ3n) is 5.64. The van der Waals surface area contributed by atoms with Crippen molar-refractivity contribution in [3.05, 3.63) is 59.7 Å². The monoisotopic (exact) mass is 762 g/mol. The standard InChI is InChI=1S/C22H26Br4N2O4S2/c1-17-3-7-19(8-4-17)33(29,30)27-13-21(25,11-23)15-28(16-22(26,12-24)14-27)34(31,32)20-9-5-18(2)6-10-20/h3-10H,11-16H2,1-2H3. The van der Waals surface area contributed by atoms with Gasteiger partial charge in [-0.25, -0.2) is 16.8 Å². The maximum Gasteiger partial charge on any atom is 0.243 e. The molecule has 3 rings (SSSR count). The van der Waals surface area contributed by atoms with Crippen LogP contribution < -0.4 is 0 Å². The summed E-state index contributed by atoms with van der Waals surface area (Å²) in [4.78, 5) is 0.410. The predicted octanol–water partition coefficient (Wildman–Crippen LogP) is 5.06. The Bertz CT molecular complexity index is 1110. The number of halogens is 4. The molecule has 34 heavy (non-hydrogen) atoms. The number of hydrogen-bond donors (Lipinski definition) is 0. The number of sulfonamides is 2. The second kappa shape index (κ2) is 10.9. The highest BCUT2D eigenvalue weighted by Crippen LogP contribution is 2.37. The largest absolute Gasteiger partial charge is 0.243 e. The summed E-state index contributed by atoms with van der Waals surface area (Å²) in [6.07, 6.45) is 0. The van der Waals surface area contributed by atoms with Crippen LogP contribution in [0, 0.1) is 13.8 Å². The van der Waals surface area contributed by atoms with E-state index in [9.17, 15) is 16.8 Å². The summed E-state index contributed by atoms with van der Waals surface area (Å²) in [5.74, 6) is 0. The molecule has 1 aliphatic heterocycles. The van der Waals surface area contributed by atoms with Gasteiger partial charge in [0.05, 0.1) is 18.4 Å². The van der Waals surface area contributed by atoms with E-state index in [0.29, 0.717) is 10.7 Å². The fraction of sp³-hybridized carbons (Fsp3) is 0.455. The van der Waals surface area contributed by atoms with Gasteiger partial charge < -0.3 is 0 Å². The van der Waals surface area contributed by atoms with E-state index < -0.39 is 28.7 Å². The molecule has 0 atom stereocenters. The molecule has 2 aromatic rings. The zero-order valence-corrected chi connectivity index (χ0v) is 26.7. The molecule has 1 heterocycles. The number of alkyl halides is 4. The molecule has 188 valence electrons. The lowest BCUT2D eigenvalue weighted by Gasteiger charge is -2.44. The number of rotatable bonds is 6. The molecule has 0 unspecified atom stereocenters. The molecule has 0 amide bonds. The lowest BCUT2D eigenvalue weighted by molar-refractivity contribution is 0.259. The summed E-state index contributed by atoms with van der Waals surface area (Å²) < 4.78 is 55.7. The molecule has 0 bridgehead atoms. The molecule has 0 spiro atoms. The zero-order chi connectivity index (χ0) is 25.4.